The Morgan fingerprint density at radius 3 is 2.97 bits per heavy atom. The molecule has 3 saturated heterocycles. The summed E-state index contributed by atoms with van der Waals surface area (Å²) in [5.74, 6) is 1.59. The number of methoxy groups -OCH3 is 1. The maximum Gasteiger partial charge on any atom is 0.259 e. The van der Waals surface area contributed by atoms with Crippen LogP contribution in [0.5, 0.6) is 5.75 Å². The molecule has 1 aromatic carbocycles. The fourth-order valence-corrected chi connectivity index (χ4v) is 6.84. The highest BCUT2D eigenvalue weighted by Crippen LogP contribution is 2.45. The molecule has 168 valence electrons. The van der Waals surface area contributed by atoms with Crippen molar-refractivity contribution in [2.24, 2.45) is 11.8 Å². The van der Waals surface area contributed by atoms with Crippen molar-refractivity contribution in [2.45, 2.75) is 50.6 Å². The number of benzene rings is 1. The number of pyridine rings is 1. The number of nitrogens with zero attached hydrogens (tertiary/aromatic N) is 2. The van der Waals surface area contributed by atoms with Gasteiger partial charge in [0.15, 0.2) is 0 Å². The number of likely N-dealkylation sites (tertiary alicyclic amines) is 1. The van der Waals surface area contributed by atoms with E-state index < -0.39 is 0 Å². The first-order chi connectivity index (χ1) is 15.6. The van der Waals surface area contributed by atoms with Gasteiger partial charge in [0.05, 0.1) is 13.2 Å². The number of carbonyl (C=O) groups excluding carboxylic acids is 1. The second-order valence-electron chi connectivity index (χ2n) is 9.95. The SMILES string of the molecule is COc1ccc2[nH]cc(C(=O)N3CCCC4=CC5CC(CN6CCCCC56)C43)c(=O)c2c1. The summed E-state index contributed by atoms with van der Waals surface area (Å²) in [6.45, 7) is 2.99. The van der Waals surface area contributed by atoms with Gasteiger partial charge in [-0.05, 0) is 68.7 Å². The zero-order chi connectivity index (χ0) is 21.8. The fourth-order valence-electron chi connectivity index (χ4n) is 6.84. The average molecular weight is 434 g/mol. The molecule has 4 atom stereocenters. The number of amides is 1. The molecule has 6 nitrogen and oxygen atoms in total. The van der Waals surface area contributed by atoms with Crippen LogP contribution < -0.4 is 10.2 Å². The Labute approximate surface area is 188 Å². The number of aromatic nitrogens is 1. The summed E-state index contributed by atoms with van der Waals surface area (Å²) >= 11 is 0. The maximum atomic E-state index is 13.8. The third-order valence-corrected chi connectivity index (χ3v) is 8.24. The molecule has 1 N–H and O–H groups in total. The summed E-state index contributed by atoms with van der Waals surface area (Å²) in [4.78, 5) is 34.9. The van der Waals surface area contributed by atoms with Gasteiger partial charge in [0.1, 0.15) is 11.3 Å². The largest absolute Gasteiger partial charge is 0.497 e. The summed E-state index contributed by atoms with van der Waals surface area (Å²) in [7, 11) is 1.58. The minimum Gasteiger partial charge on any atom is -0.497 e. The number of ether oxygens (including phenoxy) is 1. The van der Waals surface area contributed by atoms with Crippen LogP contribution in [-0.2, 0) is 0 Å². The lowest BCUT2D eigenvalue weighted by Crippen LogP contribution is -2.60. The molecule has 0 radical (unpaired) electrons. The summed E-state index contributed by atoms with van der Waals surface area (Å²) in [5.41, 5.74) is 2.18. The molecule has 4 aliphatic rings. The molecule has 1 aromatic heterocycles. The van der Waals surface area contributed by atoms with Crippen LogP contribution in [0.2, 0.25) is 0 Å². The van der Waals surface area contributed by atoms with E-state index in [9.17, 15) is 9.59 Å². The fraction of sp³-hybridized carbons (Fsp3) is 0.538. The Morgan fingerprint density at radius 2 is 2.09 bits per heavy atom. The van der Waals surface area contributed by atoms with Crippen LogP contribution in [0.15, 0.2) is 40.8 Å². The number of H-pyrrole nitrogens is 1. The summed E-state index contributed by atoms with van der Waals surface area (Å²) in [6, 6.07) is 6.18. The molecule has 0 spiro atoms. The lowest BCUT2D eigenvalue weighted by Gasteiger charge is -2.54. The highest BCUT2D eigenvalue weighted by atomic mass is 16.5. The predicted octanol–water partition coefficient (Wildman–Crippen LogP) is 3.57. The van der Waals surface area contributed by atoms with Crippen LogP contribution in [0.25, 0.3) is 10.9 Å². The van der Waals surface area contributed by atoms with Crippen LogP contribution in [0.4, 0.5) is 0 Å². The van der Waals surface area contributed by atoms with Crippen LogP contribution >= 0.6 is 0 Å². The smallest absolute Gasteiger partial charge is 0.259 e. The number of carbonyl (C=O) groups is 1. The summed E-state index contributed by atoms with van der Waals surface area (Å²) in [5, 5.41) is 0.500. The lowest BCUT2D eigenvalue weighted by atomic mass is 9.68. The van der Waals surface area contributed by atoms with Gasteiger partial charge in [0.2, 0.25) is 5.43 Å². The topological polar surface area (TPSA) is 65.6 Å². The van der Waals surface area contributed by atoms with Gasteiger partial charge in [-0.3, -0.25) is 14.5 Å². The van der Waals surface area contributed by atoms with Crippen molar-refractivity contribution < 1.29 is 9.53 Å². The normalized spacial score (nSPS) is 29.8. The molecule has 3 aliphatic heterocycles. The van der Waals surface area contributed by atoms with E-state index in [2.05, 4.69) is 16.0 Å². The zero-order valence-corrected chi connectivity index (χ0v) is 18.7. The number of hydrogen-bond acceptors (Lipinski definition) is 4. The van der Waals surface area contributed by atoms with Crippen LogP contribution in [0, 0.1) is 11.8 Å². The minimum atomic E-state index is -0.216. The van der Waals surface area contributed by atoms with Crippen LogP contribution in [0.3, 0.4) is 0 Å². The van der Waals surface area contributed by atoms with Gasteiger partial charge < -0.3 is 14.6 Å². The maximum absolute atomic E-state index is 13.8. The average Bonchev–Trinajstić information content (AvgIpc) is 2.83. The van der Waals surface area contributed by atoms with Gasteiger partial charge >= 0.3 is 0 Å². The Hall–Kier alpha value is -2.60. The number of hydrogen-bond donors (Lipinski definition) is 1. The molecule has 2 aromatic rings. The first kappa shape index (κ1) is 20.0. The van der Waals surface area contributed by atoms with E-state index in [4.69, 9.17) is 4.74 Å². The Kier molecular flexibility index (Phi) is 4.86. The van der Waals surface area contributed by atoms with E-state index in [1.807, 2.05) is 17.0 Å². The van der Waals surface area contributed by atoms with E-state index in [0.717, 1.165) is 31.4 Å². The Morgan fingerprint density at radius 1 is 1.19 bits per heavy atom. The predicted molar refractivity (Wildman–Crippen MR) is 124 cm³/mol. The molecule has 32 heavy (non-hydrogen) atoms. The van der Waals surface area contributed by atoms with Crippen molar-refractivity contribution in [3.05, 3.63) is 51.8 Å². The standard InChI is InChI=1S/C26H31N3O3/c1-32-19-7-8-22-20(13-19)25(30)21(14-27-22)26(31)29-10-4-5-16-11-17-12-18(24(16)29)15-28-9-3-2-6-23(17)28/h7-8,11,13-14,17-18,23-24H,2-6,9-10,12,15H2,1H3,(H,27,30). The highest BCUT2D eigenvalue weighted by molar-refractivity contribution is 5.97. The number of piperidine rings is 3. The molecule has 3 fully saturated rings. The zero-order valence-electron chi connectivity index (χ0n) is 18.7. The molecule has 6 heteroatoms. The van der Waals surface area contributed by atoms with Crippen molar-refractivity contribution in [2.75, 3.05) is 26.7 Å². The molecule has 1 aliphatic carbocycles. The first-order valence-corrected chi connectivity index (χ1v) is 12.1. The monoisotopic (exact) mass is 433 g/mol. The van der Waals surface area contributed by atoms with Gasteiger partial charge in [-0.1, -0.05) is 18.1 Å². The van der Waals surface area contributed by atoms with Crippen LogP contribution in [-0.4, -0.2) is 59.5 Å². The van der Waals surface area contributed by atoms with Crippen LogP contribution in [0.1, 0.15) is 48.9 Å². The molecule has 1 amide bonds. The number of nitrogens with one attached hydrogen (secondary N) is 1. The van der Waals surface area contributed by atoms with Gasteiger partial charge in [-0.15, -0.1) is 0 Å². The molecule has 4 unspecified atom stereocenters. The minimum absolute atomic E-state index is 0.134. The third kappa shape index (κ3) is 3.11. The van der Waals surface area contributed by atoms with Crippen molar-refractivity contribution >= 4 is 16.8 Å². The third-order valence-electron chi connectivity index (χ3n) is 8.24. The summed E-state index contributed by atoms with van der Waals surface area (Å²) < 4.78 is 5.29. The Balaban J connectivity index is 1.36. The van der Waals surface area contributed by atoms with Gasteiger partial charge in [-0.2, -0.15) is 0 Å². The van der Waals surface area contributed by atoms with Crippen molar-refractivity contribution in [1.82, 2.24) is 14.8 Å². The molecular weight excluding hydrogens is 402 g/mol. The molecular formula is C26H31N3O3. The lowest BCUT2D eigenvalue weighted by molar-refractivity contribution is 0.00143. The molecule has 2 bridgehead atoms. The van der Waals surface area contributed by atoms with E-state index >= 15 is 0 Å². The van der Waals surface area contributed by atoms with Gasteiger partial charge in [0, 0.05) is 36.2 Å². The van der Waals surface area contributed by atoms with Crippen molar-refractivity contribution in [1.29, 1.82) is 0 Å². The van der Waals surface area contributed by atoms with Crippen molar-refractivity contribution in [3.63, 3.8) is 0 Å². The van der Waals surface area contributed by atoms with E-state index in [0.29, 0.717) is 29.0 Å². The molecule has 0 saturated carbocycles. The number of fused-ring (bicyclic) bond motifs is 7. The highest BCUT2D eigenvalue weighted by Gasteiger charge is 2.47. The molecule has 4 heterocycles. The van der Waals surface area contributed by atoms with Gasteiger partial charge in [-0.25, -0.2) is 0 Å². The van der Waals surface area contributed by atoms with E-state index in [1.165, 1.54) is 37.8 Å². The second-order valence-corrected chi connectivity index (χ2v) is 9.95. The second kappa shape index (κ2) is 7.77. The van der Waals surface area contributed by atoms with E-state index in [1.54, 1.807) is 19.4 Å². The molecule has 6 rings (SSSR count). The van der Waals surface area contributed by atoms with Crippen molar-refractivity contribution in [3.8, 4) is 5.75 Å². The number of rotatable bonds is 2. The van der Waals surface area contributed by atoms with E-state index in [-0.39, 0.29) is 22.9 Å². The number of aromatic amines is 1. The summed E-state index contributed by atoms with van der Waals surface area (Å²) in [6.07, 6.45) is 11.3. The van der Waals surface area contributed by atoms with Gasteiger partial charge in [0.25, 0.3) is 5.91 Å². The first-order valence-electron chi connectivity index (χ1n) is 12.1. The quantitative estimate of drug-likeness (QED) is 0.736. The Bertz CT molecular complexity index is 1150.